The maximum Gasteiger partial charge on any atom is 0.433 e. The predicted molar refractivity (Wildman–Crippen MR) is 70.8 cm³/mol. The van der Waals surface area contributed by atoms with Gasteiger partial charge in [0.05, 0.1) is 23.9 Å². The van der Waals surface area contributed by atoms with E-state index in [1.54, 1.807) is 0 Å². The number of primary amides is 1. The molecule has 0 aliphatic carbocycles. The molecule has 2 heterocycles. The summed E-state index contributed by atoms with van der Waals surface area (Å²) in [6.07, 6.45) is -3.44. The van der Waals surface area contributed by atoms with Crippen LogP contribution in [0, 0.1) is 0 Å². The zero-order valence-corrected chi connectivity index (χ0v) is 11.5. The molecule has 118 valence electrons. The number of nitrogens with zero attached hydrogens (tertiary/aromatic N) is 3. The van der Waals surface area contributed by atoms with Crippen molar-refractivity contribution in [3.63, 3.8) is 0 Å². The van der Waals surface area contributed by atoms with Gasteiger partial charge in [0.15, 0.2) is 0 Å². The number of hydrogen-bond donors (Lipinski definition) is 2. The monoisotopic (exact) mass is 314 g/mol. The lowest BCUT2D eigenvalue weighted by atomic mass is 10.2. The van der Waals surface area contributed by atoms with E-state index < -0.39 is 30.4 Å². The smallest absolute Gasteiger partial charge is 0.394 e. The molecular formula is C13H13F3N4O2. The minimum absolute atomic E-state index is 0.0105. The summed E-state index contributed by atoms with van der Waals surface area (Å²) in [5.74, 6) is -0.686. The first-order chi connectivity index (χ1) is 10.2. The number of nitrogens with two attached hydrogens (primary N) is 1. The summed E-state index contributed by atoms with van der Waals surface area (Å²) in [6.45, 7) is 0.924. The third-order valence-corrected chi connectivity index (χ3v) is 3.02. The van der Waals surface area contributed by atoms with Crippen molar-refractivity contribution in [1.29, 1.82) is 0 Å². The summed E-state index contributed by atoms with van der Waals surface area (Å²) in [6, 6.07) is 2.72. The molecule has 0 saturated heterocycles. The third kappa shape index (κ3) is 3.08. The number of pyridine rings is 1. The quantitative estimate of drug-likeness (QED) is 0.896. The number of amides is 1. The lowest BCUT2D eigenvalue weighted by Gasteiger charge is -2.14. The molecule has 2 aromatic heterocycles. The normalized spacial score (nSPS) is 13.1. The van der Waals surface area contributed by atoms with Crippen LogP contribution in [-0.4, -0.2) is 32.4 Å². The zero-order chi connectivity index (χ0) is 16.5. The van der Waals surface area contributed by atoms with E-state index in [1.165, 1.54) is 25.3 Å². The van der Waals surface area contributed by atoms with Gasteiger partial charge in [0.1, 0.15) is 11.4 Å². The molecule has 2 rings (SSSR count). The van der Waals surface area contributed by atoms with E-state index in [4.69, 9.17) is 10.8 Å². The Morgan fingerprint density at radius 1 is 1.41 bits per heavy atom. The van der Waals surface area contributed by atoms with Crippen LogP contribution in [0.5, 0.6) is 0 Å². The van der Waals surface area contributed by atoms with Crippen LogP contribution in [0.4, 0.5) is 13.2 Å². The number of rotatable bonds is 4. The highest BCUT2D eigenvalue weighted by Gasteiger charge is 2.37. The summed E-state index contributed by atoms with van der Waals surface area (Å²) in [5, 5.41) is 12.9. The number of carbonyl (C=O) groups is 1. The Balaban J connectivity index is 2.48. The largest absolute Gasteiger partial charge is 0.433 e. The molecular weight excluding hydrogens is 301 g/mol. The highest BCUT2D eigenvalue weighted by Crippen LogP contribution is 2.33. The van der Waals surface area contributed by atoms with E-state index in [2.05, 4.69) is 10.1 Å². The Kier molecular flexibility index (Phi) is 4.18. The fourth-order valence-corrected chi connectivity index (χ4v) is 1.84. The Bertz CT molecular complexity index is 680. The van der Waals surface area contributed by atoms with Gasteiger partial charge in [-0.05, 0) is 25.1 Å². The minimum atomic E-state index is -4.61. The van der Waals surface area contributed by atoms with Crippen molar-refractivity contribution in [2.75, 3.05) is 6.61 Å². The molecule has 1 atom stereocenters. The first kappa shape index (κ1) is 16.0. The van der Waals surface area contributed by atoms with E-state index in [0.717, 1.165) is 6.07 Å². The number of halogens is 3. The Morgan fingerprint density at radius 3 is 2.55 bits per heavy atom. The standard InChI is InChI=1S/C13H13F3N4O2/c1-7(6-21)20-11(13(14,15)16)4-10(19-20)9-3-2-8(5-18-9)12(17)22/h2-5,7,21H,6H2,1H3,(H2,17,22)/t7-/m0/s1. The van der Waals surface area contributed by atoms with Crippen molar-refractivity contribution in [3.8, 4) is 11.4 Å². The van der Waals surface area contributed by atoms with Gasteiger partial charge in [-0.25, -0.2) is 0 Å². The van der Waals surface area contributed by atoms with Gasteiger partial charge in [-0.2, -0.15) is 18.3 Å². The third-order valence-electron chi connectivity index (χ3n) is 3.02. The number of aliphatic hydroxyl groups excluding tert-OH is 1. The van der Waals surface area contributed by atoms with Crippen LogP contribution >= 0.6 is 0 Å². The highest BCUT2D eigenvalue weighted by atomic mass is 19.4. The summed E-state index contributed by atoms with van der Waals surface area (Å²) < 4.78 is 39.8. The first-order valence-electron chi connectivity index (χ1n) is 6.28. The first-order valence-corrected chi connectivity index (χ1v) is 6.28. The van der Waals surface area contributed by atoms with Gasteiger partial charge in [-0.15, -0.1) is 0 Å². The van der Waals surface area contributed by atoms with Crippen LogP contribution in [0.1, 0.15) is 29.0 Å². The Hall–Kier alpha value is -2.42. The molecule has 0 aliphatic heterocycles. The second-order valence-corrected chi connectivity index (χ2v) is 4.69. The lowest BCUT2D eigenvalue weighted by molar-refractivity contribution is -0.145. The highest BCUT2D eigenvalue weighted by molar-refractivity contribution is 5.92. The second kappa shape index (κ2) is 5.76. The molecule has 0 spiro atoms. The molecule has 0 radical (unpaired) electrons. The van der Waals surface area contributed by atoms with Crippen LogP contribution in [0.25, 0.3) is 11.4 Å². The van der Waals surface area contributed by atoms with Crippen molar-refractivity contribution >= 4 is 5.91 Å². The van der Waals surface area contributed by atoms with Crippen LogP contribution in [0.2, 0.25) is 0 Å². The second-order valence-electron chi connectivity index (χ2n) is 4.69. The molecule has 9 heteroatoms. The van der Waals surface area contributed by atoms with Crippen molar-refractivity contribution in [2.24, 2.45) is 5.73 Å². The maximum atomic E-state index is 13.0. The molecule has 0 saturated carbocycles. The van der Waals surface area contributed by atoms with Crippen LogP contribution in [0.15, 0.2) is 24.4 Å². The van der Waals surface area contributed by atoms with Crippen LogP contribution in [0.3, 0.4) is 0 Å². The molecule has 0 bridgehead atoms. The van der Waals surface area contributed by atoms with Crippen molar-refractivity contribution < 1.29 is 23.1 Å². The summed E-state index contributed by atoms with van der Waals surface area (Å²) >= 11 is 0. The topological polar surface area (TPSA) is 94.0 Å². The zero-order valence-electron chi connectivity index (χ0n) is 11.5. The number of aromatic nitrogens is 3. The van der Waals surface area contributed by atoms with Gasteiger partial charge >= 0.3 is 6.18 Å². The molecule has 0 aliphatic rings. The van der Waals surface area contributed by atoms with E-state index in [1.807, 2.05) is 0 Å². The average molecular weight is 314 g/mol. The van der Waals surface area contributed by atoms with Gasteiger partial charge in [0.25, 0.3) is 0 Å². The van der Waals surface area contributed by atoms with Gasteiger partial charge in [0, 0.05) is 6.20 Å². The van der Waals surface area contributed by atoms with Gasteiger partial charge in [-0.1, -0.05) is 0 Å². The van der Waals surface area contributed by atoms with E-state index >= 15 is 0 Å². The molecule has 6 nitrogen and oxygen atoms in total. The predicted octanol–water partition coefficient (Wildman–Crippen LogP) is 1.62. The fraction of sp³-hybridized carbons (Fsp3) is 0.308. The molecule has 3 N–H and O–H groups in total. The fourth-order valence-electron chi connectivity index (χ4n) is 1.84. The minimum Gasteiger partial charge on any atom is -0.394 e. The molecule has 0 fully saturated rings. The average Bonchev–Trinajstić information content (AvgIpc) is 2.91. The summed E-state index contributed by atoms with van der Waals surface area (Å²) in [4.78, 5) is 14.8. The van der Waals surface area contributed by atoms with E-state index in [-0.39, 0.29) is 17.0 Å². The Morgan fingerprint density at radius 2 is 2.09 bits per heavy atom. The number of carbonyl (C=O) groups excluding carboxylic acids is 1. The SMILES string of the molecule is C[C@@H](CO)n1nc(-c2ccc(C(N)=O)cn2)cc1C(F)(F)F. The van der Waals surface area contributed by atoms with Crippen molar-refractivity contribution in [3.05, 3.63) is 35.7 Å². The Labute approximate surface area is 123 Å². The summed E-state index contributed by atoms with van der Waals surface area (Å²) in [7, 11) is 0. The number of hydrogen-bond acceptors (Lipinski definition) is 4. The maximum absolute atomic E-state index is 13.0. The van der Waals surface area contributed by atoms with E-state index in [9.17, 15) is 18.0 Å². The van der Waals surface area contributed by atoms with Gasteiger partial charge in [0.2, 0.25) is 5.91 Å². The van der Waals surface area contributed by atoms with Crippen molar-refractivity contribution in [1.82, 2.24) is 14.8 Å². The molecule has 0 unspecified atom stereocenters. The van der Waals surface area contributed by atoms with E-state index in [0.29, 0.717) is 4.68 Å². The van der Waals surface area contributed by atoms with Crippen molar-refractivity contribution in [2.45, 2.75) is 19.1 Å². The number of aliphatic hydroxyl groups is 1. The van der Waals surface area contributed by atoms with Crippen LogP contribution in [-0.2, 0) is 6.18 Å². The van der Waals surface area contributed by atoms with Gasteiger partial charge in [-0.3, -0.25) is 14.5 Å². The molecule has 0 aromatic carbocycles. The lowest BCUT2D eigenvalue weighted by Crippen LogP contribution is -2.19. The summed E-state index contributed by atoms with van der Waals surface area (Å²) in [5.41, 5.74) is 4.39. The molecule has 1 amide bonds. The molecule has 2 aromatic rings. The van der Waals surface area contributed by atoms with Crippen LogP contribution < -0.4 is 5.73 Å². The molecule has 22 heavy (non-hydrogen) atoms. The van der Waals surface area contributed by atoms with Gasteiger partial charge < -0.3 is 10.8 Å². The number of alkyl halides is 3.